The number of hydrogen-bond donors (Lipinski definition) is 2. The molecule has 1 rings (SSSR count). The van der Waals surface area contributed by atoms with Crippen LogP contribution in [-0.2, 0) is 10.0 Å². The SMILES string of the molecule is CCOc1ccc(Br)cc1S(=O)(=O)NCC(C)CNC. The Morgan fingerprint density at radius 3 is 2.65 bits per heavy atom. The van der Waals surface area contributed by atoms with Gasteiger partial charge in [-0.2, -0.15) is 0 Å². The molecule has 0 aliphatic heterocycles. The van der Waals surface area contributed by atoms with Crippen molar-refractivity contribution in [3.05, 3.63) is 22.7 Å². The summed E-state index contributed by atoms with van der Waals surface area (Å²) in [5.74, 6) is 0.571. The molecule has 5 nitrogen and oxygen atoms in total. The van der Waals surface area contributed by atoms with E-state index in [4.69, 9.17) is 4.74 Å². The average molecular weight is 365 g/mol. The number of hydrogen-bond acceptors (Lipinski definition) is 4. The molecule has 0 heterocycles. The summed E-state index contributed by atoms with van der Waals surface area (Å²) < 4.78 is 33.4. The number of ether oxygens (including phenoxy) is 1. The van der Waals surface area contributed by atoms with E-state index in [-0.39, 0.29) is 10.8 Å². The number of rotatable bonds is 8. The third-order valence-corrected chi connectivity index (χ3v) is 4.61. The van der Waals surface area contributed by atoms with E-state index >= 15 is 0 Å². The second-order valence-corrected chi connectivity index (χ2v) is 7.19. The fraction of sp³-hybridized carbons (Fsp3) is 0.538. The quantitative estimate of drug-likeness (QED) is 0.739. The van der Waals surface area contributed by atoms with E-state index in [0.717, 1.165) is 6.54 Å². The van der Waals surface area contributed by atoms with Gasteiger partial charge in [0.1, 0.15) is 10.6 Å². The number of nitrogens with one attached hydrogen (secondary N) is 2. The van der Waals surface area contributed by atoms with Crippen molar-refractivity contribution in [3.63, 3.8) is 0 Å². The van der Waals surface area contributed by atoms with E-state index in [0.29, 0.717) is 23.4 Å². The summed E-state index contributed by atoms with van der Waals surface area (Å²) in [5.41, 5.74) is 0. The Hall–Kier alpha value is -0.630. The van der Waals surface area contributed by atoms with E-state index in [1.54, 1.807) is 18.2 Å². The molecule has 0 saturated heterocycles. The lowest BCUT2D eigenvalue weighted by molar-refractivity contribution is 0.331. The van der Waals surface area contributed by atoms with Crippen molar-refractivity contribution in [3.8, 4) is 5.75 Å². The number of benzene rings is 1. The molecule has 2 N–H and O–H groups in total. The average Bonchev–Trinajstić information content (AvgIpc) is 2.39. The molecule has 0 radical (unpaired) electrons. The molecule has 0 aromatic heterocycles. The first kappa shape index (κ1) is 17.4. The van der Waals surface area contributed by atoms with Crippen LogP contribution >= 0.6 is 15.9 Å². The lowest BCUT2D eigenvalue weighted by atomic mass is 10.2. The van der Waals surface area contributed by atoms with Crippen LogP contribution in [0.2, 0.25) is 0 Å². The first-order valence-corrected chi connectivity index (χ1v) is 8.75. The lowest BCUT2D eigenvalue weighted by Gasteiger charge is -2.15. The Morgan fingerprint density at radius 2 is 2.05 bits per heavy atom. The molecule has 0 saturated carbocycles. The highest BCUT2D eigenvalue weighted by molar-refractivity contribution is 9.10. The van der Waals surface area contributed by atoms with Crippen molar-refractivity contribution in [1.82, 2.24) is 10.0 Å². The predicted molar refractivity (Wildman–Crippen MR) is 83.6 cm³/mol. The van der Waals surface area contributed by atoms with Gasteiger partial charge in [0, 0.05) is 11.0 Å². The molecule has 7 heteroatoms. The Labute approximate surface area is 129 Å². The summed E-state index contributed by atoms with van der Waals surface area (Å²) in [4.78, 5) is 0.158. The van der Waals surface area contributed by atoms with E-state index in [2.05, 4.69) is 26.0 Å². The Kier molecular flexibility index (Phi) is 6.94. The third-order valence-electron chi connectivity index (χ3n) is 2.67. The molecule has 0 aliphatic carbocycles. The van der Waals surface area contributed by atoms with Crippen LogP contribution in [0.5, 0.6) is 5.75 Å². The van der Waals surface area contributed by atoms with Gasteiger partial charge < -0.3 is 10.1 Å². The Morgan fingerprint density at radius 1 is 1.35 bits per heavy atom. The van der Waals surface area contributed by atoms with Gasteiger partial charge in [0.05, 0.1) is 6.61 Å². The minimum atomic E-state index is -3.58. The van der Waals surface area contributed by atoms with E-state index in [1.807, 2.05) is 20.9 Å². The number of halogens is 1. The van der Waals surface area contributed by atoms with E-state index in [1.165, 1.54) is 0 Å². The molecular weight excluding hydrogens is 344 g/mol. The molecule has 0 amide bonds. The van der Waals surface area contributed by atoms with Gasteiger partial charge in [-0.3, -0.25) is 0 Å². The van der Waals surface area contributed by atoms with Gasteiger partial charge in [-0.05, 0) is 44.6 Å². The molecule has 1 aromatic rings. The molecule has 0 fully saturated rings. The van der Waals surface area contributed by atoms with Gasteiger partial charge in [-0.25, -0.2) is 13.1 Å². The molecule has 114 valence electrons. The maximum atomic E-state index is 12.4. The van der Waals surface area contributed by atoms with Crippen molar-refractivity contribution in [2.45, 2.75) is 18.7 Å². The summed E-state index contributed by atoms with van der Waals surface area (Å²) >= 11 is 3.29. The van der Waals surface area contributed by atoms with Crippen molar-refractivity contribution in [1.29, 1.82) is 0 Å². The minimum Gasteiger partial charge on any atom is -0.492 e. The summed E-state index contributed by atoms with van der Waals surface area (Å²) in [6.45, 7) is 5.34. The second kappa shape index (κ2) is 7.97. The van der Waals surface area contributed by atoms with Crippen molar-refractivity contribution >= 4 is 26.0 Å². The molecule has 0 spiro atoms. The monoisotopic (exact) mass is 364 g/mol. The van der Waals surface area contributed by atoms with Crippen LogP contribution in [0, 0.1) is 5.92 Å². The van der Waals surface area contributed by atoms with Gasteiger partial charge in [-0.1, -0.05) is 22.9 Å². The molecule has 0 aliphatic rings. The minimum absolute atomic E-state index is 0.158. The van der Waals surface area contributed by atoms with Crippen LogP contribution in [-0.4, -0.2) is 35.2 Å². The zero-order chi connectivity index (χ0) is 15.2. The summed E-state index contributed by atoms with van der Waals surface area (Å²) in [5, 5.41) is 3.02. The fourth-order valence-corrected chi connectivity index (χ4v) is 3.56. The lowest BCUT2D eigenvalue weighted by Crippen LogP contribution is -2.32. The van der Waals surface area contributed by atoms with Crippen LogP contribution < -0.4 is 14.8 Å². The van der Waals surface area contributed by atoms with Gasteiger partial charge in [0.2, 0.25) is 10.0 Å². The summed E-state index contributed by atoms with van der Waals surface area (Å²) in [6, 6.07) is 4.96. The zero-order valence-electron chi connectivity index (χ0n) is 11.9. The van der Waals surface area contributed by atoms with Gasteiger partial charge >= 0.3 is 0 Å². The van der Waals surface area contributed by atoms with Crippen LogP contribution in [0.4, 0.5) is 0 Å². The molecular formula is C13H21BrN2O3S. The molecule has 0 bridgehead atoms. The smallest absolute Gasteiger partial charge is 0.244 e. The molecule has 1 aromatic carbocycles. The third kappa shape index (κ3) is 5.05. The van der Waals surface area contributed by atoms with Gasteiger partial charge in [0.15, 0.2) is 0 Å². The maximum absolute atomic E-state index is 12.4. The summed E-state index contributed by atoms with van der Waals surface area (Å²) in [6.07, 6.45) is 0. The summed E-state index contributed by atoms with van der Waals surface area (Å²) in [7, 11) is -1.74. The van der Waals surface area contributed by atoms with Crippen molar-refractivity contribution in [2.24, 2.45) is 5.92 Å². The first-order chi connectivity index (χ1) is 9.40. The second-order valence-electron chi connectivity index (χ2n) is 4.54. The fourth-order valence-electron chi connectivity index (χ4n) is 1.72. The van der Waals surface area contributed by atoms with E-state index in [9.17, 15) is 8.42 Å². The van der Waals surface area contributed by atoms with Crippen molar-refractivity contribution in [2.75, 3.05) is 26.7 Å². The van der Waals surface area contributed by atoms with Gasteiger partial charge in [-0.15, -0.1) is 0 Å². The van der Waals surface area contributed by atoms with Gasteiger partial charge in [0.25, 0.3) is 0 Å². The highest BCUT2D eigenvalue weighted by Crippen LogP contribution is 2.27. The molecule has 1 atom stereocenters. The topological polar surface area (TPSA) is 67.4 Å². The maximum Gasteiger partial charge on any atom is 0.244 e. The van der Waals surface area contributed by atoms with Crippen LogP contribution in [0.3, 0.4) is 0 Å². The molecule has 20 heavy (non-hydrogen) atoms. The largest absolute Gasteiger partial charge is 0.492 e. The first-order valence-electron chi connectivity index (χ1n) is 6.47. The standard InChI is InChI=1S/C13H21BrN2O3S/c1-4-19-12-6-5-11(14)7-13(12)20(17,18)16-9-10(2)8-15-3/h5-7,10,15-16H,4,8-9H2,1-3H3. The normalized spacial score (nSPS) is 13.2. The van der Waals surface area contributed by atoms with Crippen LogP contribution in [0.15, 0.2) is 27.6 Å². The van der Waals surface area contributed by atoms with Crippen LogP contribution in [0.25, 0.3) is 0 Å². The van der Waals surface area contributed by atoms with Crippen LogP contribution in [0.1, 0.15) is 13.8 Å². The van der Waals surface area contributed by atoms with E-state index < -0.39 is 10.0 Å². The predicted octanol–water partition coefficient (Wildman–Crippen LogP) is 1.98. The molecule has 1 unspecified atom stereocenters. The Bertz CT molecular complexity index is 534. The number of sulfonamides is 1. The zero-order valence-corrected chi connectivity index (χ0v) is 14.3. The highest BCUT2D eigenvalue weighted by atomic mass is 79.9. The van der Waals surface area contributed by atoms with Crippen molar-refractivity contribution < 1.29 is 13.2 Å². The Balaban J connectivity index is 2.93. The highest BCUT2D eigenvalue weighted by Gasteiger charge is 2.20.